The van der Waals surface area contributed by atoms with E-state index in [4.69, 9.17) is 4.74 Å². The van der Waals surface area contributed by atoms with Crippen molar-refractivity contribution in [2.24, 2.45) is 0 Å². The highest BCUT2D eigenvalue weighted by atomic mass is 19.3. The van der Waals surface area contributed by atoms with Gasteiger partial charge in [0, 0.05) is 30.4 Å². The van der Waals surface area contributed by atoms with E-state index in [9.17, 15) is 13.6 Å². The quantitative estimate of drug-likeness (QED) is 0.390. The van der Waals surface area contributed by atoms with Gasteiger partial charge in [0.2, 0.25) is 11.6 Å². The highest BCUT2D eigenvalue weighted by molar-refractivity contribution is 5.95. The third kappa shape index (κ3) is 4.63. The van der Waals surface area contributed by atoms with Crippen LogP contribution in [0, 0.1) is 0 Å². The number of ether oxygens (including phenoxy) is 1. The van der Waals surface area contributed by atoms with Crippen LogP contribution in [0.3, 0.4) is 0 Å². The van der Waals surface area contributed by atoms with Crippen molar-refractivity contribution in [1.29, 1.82) is 0 Å². The number of benzene rings is 2. The number of fused-ring (bicyclic) bond motifs is 1. The summed E-state index contributed by atoms with van der Waals surface area (Å²) < 4.78 is 35.0. The molecule has 0 aliphatic carbocycles. The van der Waals surface area contributed by atoms with Gasteiger partial charge in [-0.25, -0.2) is 18.7 Å². The molecule has 0 radical (unpaired) electrons. The fraction of sp³-hybridized carbons (Fsp3) is 0.370. The van der Waals surface area contributed by atoms with Crippen LogP contribution in [0.4, 0.5) is 31.7 Å². The second kappa shape index (κ2) is 10.1. The van der Waals surface area contributed by atoms with Crippen molar-refractivity contribution in [2.75, 3.05) is 53.7 Å². The minimum Gasteiger partial charge on any atom is -0.378 e. The predicted molar refractivity (Wildman–Crippen MR) is 142 cm³/mol. The molecule has 3 aliphatic rings. The van der Waals surface area contributed by atoms with Gasteiger partial charge in [-0.3, -0.25) is 4.79 Å². The van der Waals surface area contributed by atoms with Crippen LogP contribution >= 0.6 is 0 Å². The van der Waals surface area contributed by atoms with Crippen molar-refractivity contribution in [2.45, 2.75) is 31.0 Å². The minimum atomic E-state index is -2.84. The molecule has 0 bridgehead atoms. The Hall–Kier alpha value is -3.83. The number of nitrogens with zero attached hydrogens (tertiary/aromatic N) is 3. The Bertz CT molecular complexity index is 1280. The van der Waals surface area contributed by atoms with Crippen LogP contribution in [0.15, 0.2) is 54.6 Å². The topological polar surface area (TPSA) is 103 Å². The molecule has 9 nitrogen and oxygen atoms in total. The van der Waals surface area contributed by atoms with E-state index >= 15 is 0 Å². The largest absolute Gasteiger partial charge is 0.378 e. The number of morpholine rings is 1. The molecule has 0 spiro atoms. The maximum Gasteiger partial charge on any atom is 0.286 e. The molecule has 1 aromatic heterocycles. The van der Waals surface area contributed by atoms with Crippen molar-refractivity contribution in [3.05, 3.63) is 60.4 Å². The number of amides is 1. The van der Waals surface area contributed by atoms with Crippen LogP contribution in [0.5, 0.6) is 0 Å². The van der Waals surface area contributed by atoms with E-state index in [0.29, 0.717) is 54.9 Å². The van der Waals surface area contributed by atoms with Gasteiger partial charge in [-0.05, 0) is 43.7 Å². The van der Waals surface area contributed by atoms with Gasteiger partial charge in [0.05, 0.1) is 36.3 Å². The average Bonchev–Trinajstić information content (AvgIpc) is 3.63. The zero-order chi connectivity index (χ0) is 26.1. The summed E-state index contributed by atoms with van der Waals surface area (Å²) in [6, 6.07) is 15.9. The maximum atomic E-state index is 14.8. The number of para-hydroxylation sites is 2. The molecule has 1 amide bonds. The normalized spacial score (nSPS) is 20.1. The number of nitrogens with one attached hydrogen (secondary N) is 4. The maximum absolute atomic E-state index is 14.8. The van der Waals surface area contributed by atoms with Gasteiger partial charge in [-0.2, -0.15) is 0 Å². The Morgan fingerprint density at radius 1 is 1.05 bits per heavy atom. The summed E-state index contributed by atoms with van der Waals surface area (Å²) in [6.07, 6.45) is -1.05. The van der Waals surface area contributed by atoms with E-state index in [0.717, 1.165) is 24.9 Å². The number of hydrogen-bond acceptors (Lipinski definition) is 8. The summed E-state index contributed by atoms with van der Waals surface area (Å²) >= 11 is 0. The van der Waals surface area contributed by atoms with Gasteiger partial charge in [0.15, 0.2) is 5.82 Å². The van der Waals surface area contributed by atoms with Crippen molar-refractivity contribution in [3.8, 4) is 11.3 Å². The Labute approximate surface area is 219 Å². The zero-order valence-corrected chi connectivity index (χ0v) is 20.7. The van der Waals surface area contributed by atoms with Gasteiger partial charge in [0.25, 0.3) is 6.43 Å². The number of aromatic nitrogens is 2. The molecule has 1 atom stereocenters. The molecule has 11 heteroatoms. The van der Waals surface area contributed by atoms with Crippen molar-refractivity contribution >= 4 is 28.8 Å². The highest BCUT2D eigenvalue weighted by Gasteiger charge is 2.49. The van der Waals surface area contributed by atoms with Crippen LogP contribution in [0.2, 0.25) is 0 Å². The first-order chi connectivity index (χ1) is 18.5. The monoisotopic (exact) mass is 521 g/mol. The third-order valence-corrected chi connectivity index (χ3v) is 7.14. The lowest BCUT2D eigenvalue weighted by atomic mass is 10.1. The number of halogens is 2. The number of carbonyl (C=O) groups excluding carboxylic acids is 1. The Kier molecular flexibility index (Phi) is 6.54. The fourth-order valence-electron chi connectivity index (χ4n) is 5.05. The number of hydrogen-bond donors (Lipinski definition) is 4. The van der Waals surface area contributed by atoms with Crippen molar-refractivity contribution < 1.29 is 18.3 Å². The first-order valence-electron chi connectivity index (χ1n) is 12.8. The molecular weight excluding hydrogens is 492 g/mol. The zero-order valence-electron chi connectivity index (χ0n) is 20.7. The first kappa shape index (κ1) is 24.5. The smallest absolute Gasteiger partial charge is 0.286 e. The van der Waals surface area contributed by atoms with Gasteiger partial charge < -0.3 is 30.9 Å². The first-order valence-corrected chi connectivity index (χ1v) is 12.8. The Morgan fingerprint density at radius 3 is 2.39 bits per heavy atom. The summed E-state index contributed by atoms with van der Waals surface area (Å²) in [5, 5.41) is 12.0. The number of rotatable bonds is 6. The average molecular weight is 522 g/mol. The SMILES string of the molecule is O=C(Nc1ccc(-c2cc(N3CCOCC3)nc(C3(C(F)F)Nc4ccccc4N3)n2)cc1)[C@@H]1CCCN1. The van der Waals surface area contributed by atoms with E-state index in [-0.39, 0.29) is 17.8 Å². The third-order valence-electron chi connectivity index (χ3n) is 7.14. The van der Waals surface area contributed by atoms with Crippen molar-refractivity contribution in [3.63, 3.8) is 0 Å². The molecule has 0 saturated carbocycles. The Balaban J connectivity index is 1.35. The van der Waals surface area contributed by atoms with E-state index in [1.165, 1.54) is 0 Å². The van der Waals surface area contributed by atoms with E-state index < -0.39 is 12.1 Å². The van der Waals surface area contributed by atoms with Crippen LogP contribution < -0.4 is 26.2 Å². The molecule has 2 aromatic carbocycles. The summed E-state index contributed by atoms with van der Waals surface area (Å²) in [6.45, 7) is 3.09. The standard InChI is InChI=1S/C27H29F2N7O2/c28-25(29)27(34-19-4-1-2-5-20(19)35-27)26-32-22(16-23(33-26)36-12-14-38-15-13-36)17-7-9-18(10-8-17)31-24(37)21-6-3-11-30-21/h1-2,4-5,7-10,16,21,25,30,34-35H,3,6,11-15H2,(H,31,37)/t21-/m0/s1. The minimum absolute atomic E-state index is 0.0487. The molecule has 0 unspecified atom stereocenters. The lowest BCUT2D eigenvalue weighted by Gasteiger charge is -2.32. The van der Waals surface area contributed by atoms with Crippen LogP contribution in [0.1, 0.15) is 18.7 Å². The number of alkyl halides is 2. The second-order valence-corrected chi connectivity index (χ2v) is 9.65. The molecule has 3 aromatic rings. The fourth-order valence-corrected chi connectivity index (χ4v) is 5.05. The van der Waals surface area contributed by atoms with Crippen molar-refractivity contribution in [1.82, 2.24) is 15.3 Å². The van der Waals surface area contributed by atoms with Gasteiger partial charge in [-0.1, -0.05) is 24.3 Å². The Morgan fingerprint density at radius 2 is 1.76 bits per heavy atom. The lowest BCUT2D eigenvalue weighted by molar-refractivity contribution is -0.117. The van der Waals surface area contributed by atoms with Crippen LogP contribution in [-0.4, -0.2) is 61.2 Å². The lowest BCUT2D eigenvalue weighted by Crippen LogP contribution is -2.48. The molecule has 198 valence electrons. The van der Waals surface area contributed by atoms with E-state index in [1.54, 1.807) is 36.4 Å². The van der Waals surface area contributed by atoms with Gasteiger partial charge in [0.1, 0.15) is 5.82 Å². The predicted octanol–water partition coefficient (Wildman–Crippen LogP) is 3.63. The van der Waals surface area contributed by atoms with Crippen LogP contribution in [0.25, 0.3) is 11.3 Å². The number of anilines is 4. The molecule has 2 saturated heterocycles. The van der Waals surface area contributed by atoms with Crippen LogP contribution in [-0.2, 0) is 15.2 Å². The second-order valence-electron chi connectivity index (χ2n) is 9.65. The summed E-state index contributed by atoms with van der Waals surface area (Å²) in [7, 11) is 0. The summed E-state index contributed by atoms with van der Waals surface area (Å²) in [4.78, 5) is 23.8. The molecular formula is C27H29F2N7O2. The molecule has 4 N–H and O–H groups in total. The molecule has 6 rings (SSSR count). The number of carbonyl (C=O) groups is 1. The van der Waals surface area contributed by atoms with E-state index in [2.05, 4.69) is 31.2 Å². The molecule has 2 fully saturated rings. The molecule has 3 aliphatic heterocycles. The van der Waals surface area contributed by atoms with Gasteiger partial charge in [-0.15, -0.1) is 0 Å². The summed E-state index contributed by atoms with van der Waals surface area (Å²) in [5.74, 6) is 0.441. The molecule has 38 heavy (non-hydrogen) atoms. The highest BCUT2D eigenvalue weighted by Crippen LogP contribution is 2.42. The van der Waals surface area contributed by atoms with E-state index in [1.807, 2.05) is 23.1 Å². The molecule has 4 heterocycles. The van der Waals surface area contributed by atoms with Gasteiger partial charge >= 0.3 is 0 Å². The summed E-state index contributed by atoms with van der Waals surface area (Å²) in [5.41, 5.74) is 1.03.